The molecule has 3 aromatic rings. The minimum atomic E-state index is -0.421. The zero-order valence-corrected chi connectivity index (χ0v) is 17.8. The predicted molar refractivity (Wildman–Crippen MR) is 117 cm³/mol. The van der Waals surface area contributed by atoms with Crippen LogP contribution in [0.1, 0.15) is 61.4 Å². The van der Waals surface area contributed by atoms with Crippen molar-refractivity contribution in [2.45, 2.75) is 57.5 Å². The van der Waals surface area contributed by atoms with E-state index in [4.69, 9.17) is 5.73 Å². The van der Waals surface area contributed by atoms with Gasteiger partial charge in [0.2, 0.25) is 0 Å². The molecule has 0 aliphatic heterocycles. The molecule has 30 heavy (non-hydrogen) atoms. The van der Waals surface area contributed by atoms with E-state index in [1.165, 1.54) is 17.7 Å². The SMILES string of the molecule is CC(C)N(C)C(=O)c1cc(F)ccc1-n1cc([C@H]2CC[C@@H](N)CC2)c2ccncc21. The van der Waals surface area contributed by atoms with Gasteiger partial charge in [0.25, 0.3) is 5.91 Å². The van der Waals surface area contributed by atoms with Crippen molar-refractivity contribution in [3.63, 3.8) is 0 Å². The number of carbonyl (C=O) groups excluding carboxylic acids is 1. The van der Waals surface area contributed by atoms with E-state index in [0.717, 1.165) is 36.6 Å². The van der Waals surface area contributed by atoms with Crippen LogP contribution in [0.5, 0.6) is 0 Å². The lowest BCUT2D eigenvalue weighted by atomic mass is 9.82. The fourth-order valence-corrected chi connectivity index (χ4v) is 4.37. The average Bonchev–Trinajstić information content (AvgIpc) is 3.12. The van der Waals surface area contributed by atoms with Crippen LogP contribution in [0.3, 0.4) is 0 Å². The van der Waals surface area contributed by atoms with E-state index in [2.05, 4.69) is 11.2 Å². The van der Waals surface area contributed by atoms with E-state index in [9.17, 15) is 9.18 Å². The first-order valence-corrected chi connectivity index (χ1v) is 10.6. The first-order valence-electron chi connectivity index (χ1n) is 10.6. The zero-order valence-electron chi connectivity index (χ0n) is 17.8. The lowest BCUT2D eigenvalue weighted by Gasteiger charge is -2.25. The third-order valence-electron chi connectivity index (χ3n) is 6.39. The molecule has 1 amide bonds. The number of rotatable bonds is 4. The van der Waals surface area contributed by atoms with Crippen LogP contribution in [-0.4, -0.2) is 39.5 Å². The van der Waals surface area contributed by atoms with Crippen LogP contribution in [0.15, 0.2) is 42.9 Å². The largest absolute Gasteiger partial charge is 0.339 e. The van der Waals surface area contributed by atoms with Gasteiger partial charge >= 0.3 is 0 Å². The highest BCUT2D eigenvalue weighted by atomic mass is 19.1. The molecule has 0 unspecified atom stereocenters. The molecule has 1 fully saturated rings. The van der Waals surface area contributed by atoms with E-state index in [1.807, 2.05) is 30.7 Å². The number of hydrogen-bond acceptors (Lipinski definition) is 3. The zero-order chi connectivity index (χ0) is 21.4. The summed E-state index contributed by atoms with van der Waals surface area (Å²) in [5, 5.41) is 1.13. The monoisotopic (exact) mass is 408 g/mol. The first-order chi connectivity index (χ1) is 14.4. The highest BCUT2D eigenvalue weighted by molar-refractivity contribution is 5.99. The maximum absolute atomic E-state index is 14.1. The van der Waals surface area contributed by atoms with Gasteiger partial charge in [-0.1, -0.05) is 0 Å². The van der Waals surface area contributed by atoms with Crippen molar-refractivity contribution in [2.24, 2.45) is 5.73 Å². The molecular formula is C24H29FN4O. The quantitative estimate of drug-likeness (QED) is 0.685. The van der Waals surface area contributed by atoms with Crippen LogP contribution in [0, 0.1) is 5.82 Å². The predicted octanol–water partition coefficient (Wildman–Crippen LogP) is 4.63. The number of aromatic nitrogens is 2. The van der Waals surface area contributed by atoms with Crippen molar-refractivity contribution in [3.8, 4) is 5.69 Å². The third kappa shape index (κ3) is 3.72. The van der Waals surface area contributed by atoms with Gasteiger partial charge in [0.05, 0.1) is 23.0 Å². The van der Waals surface area contributed by atoms with E-state index >= 15 is 0 Å². The van der Waals surface area contributed by atoms with Crippen LogP contribution >= 0.6 is 0 Å². The number of amides is 1. The summed E-state index contributed by atoms with van der Waals surface area (Å²) in [6.07, 6.45) is 9.85. The number of halogens is 1. The molecule has 2 aromatic heterocycles. The number of carbonyl (C=O) groups is 1. The van der Waals surface area contributed by atoms with Gasteiger partial charge < -0.3 is 15.2 Å². The van der Waals surface area contributed by atoms with E-state index in [1.54, 1.807) is 24.2 Å². The number of pyridine rings is 1. The molecule has 1 saturated carbocycles. The summed E-state index contributed by atoms with van der Waals surface area (Å²) >= 11 is 0. The van der Waals surface area contributed by atoms with Crippen molar-refractivity contribution in [2.75, 3.05) is 7.05 Å². The Morgan fingerprint density at radius 1 is 1.23 bits per heavy atom. The maximum atomic E-state index is 14.1. The molecule has 158 valence electrons. The molecule has 1 aromatic carbocycles. The lowest BCUT2D eigenvalue weighted by Crippen LogP contribution is -2.33. The summed E-state index contributed by atoms with van der Waals surface area (Å²) < 4.78 is 16.1. The average molecular weight is 409 g/mol. The number of benzene rings is 1. The molecule has 0 bridgehead atoms. The Hall–Kier alpha value is -2.73. The second-order valence-electron chi connectivity index (χ2n) is 8.63. The van der Waals surface area contributed by atoms with Crippen molar-refractivity contribution >= 4 is 16.8 Å². The second-order valence-corrected chi connectivity index (χ2v) is 8.63. The van der Waals surface area contributed by atoms with Crippen molar-refractivity contribution in [3.05, 3.63) is 59.8 Å². The Bertz CT molecular complexity index is 1070. The van der Waals surface area contributed by atoms with Gasteiger partial charge in [0, 0.05) is 36.9 Å². The fraction of sp³-hybridized carbons (Fsp3) is 0.417. The van der Waals surface area contributed by atoms with Gasteiger partial charge in [0.1, 0.15) is 5.82 Å². The minimum absolute atomic E-state index is 0.0127. The summed E-state index contributed by atoms with van der Waals surface area (Å²) in [6, 6.07) is 6.74. The van der Waals surface area contributed by atoms with Gasteiger partial charge in [0.15, 0.2) is 0 Å². The standard InChI is InChI=1S/C24H29FN4O/c1-15(2)28(3)24(30)20-12-17(25)6-9-22(20)29-14-21(16-4-7-18(26)8-5-16)19-10-11-27-13-23(19)29/h6,9-16,18H,4-5,7-8,26H2,1-3H3/t16-,18+. The molecule has 6 heteroatoms. The minimum Gasteiger partial charge on any atom is -0.339 e. The third-order valence-corrected chi connectivity index (χ3v) is 6.39. The van der Waals surface area contributed by atoms with Crippen LogP contribution in [-0.2, 0) is 0 Å². The molecule has 0 spiro atoms. The van der Waals surface area contributed by atoms with Crippen molar-refractivity contribution in [1.82, 2.24) is 14.5 Å². The van der Waals surface area contributed by atoms with Gasteiger partial charge in [-0.25, -0.2) is 4.39 Å². The van der Waals surface area contributed by atoms with Crippen LogP contribution in [0.25, 0.3) is 16.6 Å². The number of nitrogens with zero attached hydrogens (tertiary/aromatic N) is 3. The molecule has 2 heterocycles. The van der Waals surface area contributed by atoms with Crippen molar-refractivity contribution < 1.29 is 9.18 Å². The fourth-order valence-electron chi connectivity index (χ4n) is 4.37. The van der Waals surface area contributed by atoms with Gasteiger partial charge in [-0.15, -0.1) is 0 Å². The van der Waals surface area contributed by atoms with Gasteiger partial charge in [-0.3, -0.25) is 9.78 Å². The highest BCUT2D eigenvalue weighted by Gasteiger charge is 2.26. The Kier molecular flexibility index (Phi) is 5.60. The second kappa shape index (κ2) is 8.19. The molecule has 0 saturated heterocycles. The maximum Gasteiger partial charge on any atom is 0.256 e. The smallest absolute Gasteiger partial charge is 0.256 e. The summed E-state index contributed by atoms with van der Waals surface area (Å²) in [5.41, 5.74) is 9.31. The van der Waals surface area contributed by atoms with E-state index < -0.39 is 5.82 Å². The van der Waals surface area contributed by atoms with Crippen molar-refractivity contribution in [1.29, 1.82) is 0 Å². The lowest BCUT2D eigenvalue weighted by molar-refractivity contribution is 0.0754. The Balaban J connectivity index is 1.86. The van der Waals surface area contributed by atoms with Crippen LogP contribution in [0.2, 0.25) is 0 Å². The molecular weight excluding hydrogens is 379 g/mol. The number of hydrogen-bond donors (Lipinski definition) is 1. The molecule has 2 N–H and O–H groups in total. The Morgan fingerprint density at radius 3 is 2.67 bits per heavy atom. The molecule has 0 radical (unpaired) electrons. The van der Waals surface area contributed by atoms with E-state index in [-0.39, 0.29) is 18.0 Å². The highest BCUT2D eigenvalue weighted by Crippen LogP contribution is 2.38. The molecule has 1 aliphatic carbocycles. The van der Waals surface area contributed by atoms with Crippen LogP contribution in [0.4, 0.5) is 4.39 Å². The summed E-state index contributed by atoms with van der Waals surface area (Å²) in [7, 11) is 1.74. The van der Waals surface area contributed by atoms with Gasteiger partial charge in [-0.05, 0) is 75.3 Å². The first kappa shape index (κ1) is 20.5. The summed E-state index contributed by atoms with van der Waals surface area (Å²) in [4.78, 5) is 19.1. The Morgan fingerprint density at radius 2 is 1.97 bits per heavy atom. The van der Waals surface area contributed by atoms with Gasteiger partial charge in [-0.2, -0.15) is 0 Å². The topological polar surface area (TPSA) is 64.2 Å². The number of nitrogens with two attached hydrogens (primary N) is 1. The summed E-state index contributed by atoms with van der Waals surface area (Å²) in [6.45, 7) is 3.88. The summed E-state index contributed by atoms with van der Waals surface area (Å²) in [5.74, 6) is -0.195. The molecule has 4 rings (SSSR count). The molecule has 5 nitrogen and oxygen atoms in total. The number of fused-ring (bicyclic) bond motifs is 1. The molecule has 1 aliphatic rings. The normalized spacial score (nSPS) is 19.4. The van der Waals surface area contributed by atoms with Crippen LogP contribution < -0.4 is 5.73 Å². The molecule has 0 atom stereocenters. The Labute approximate surface area is 176 Å². The van der Waals surface area contributed by atoms with E-state index in [0.29, 0.717) is 17.2 Å².